The van der Waals surface area contributed by atoms with E-state index in [0.717, 1.165) is 0 Å². The lowest BCUT2D eigenvalue weighted by Crippen LogP contribution is -2.46. The molecule has 0 aromatic carbocycles. The molecule has 0 rings (SSSR count). The Labute approximate surface area is 77.1 Å². The number of rotatable bonds is 3. The van der Waals surface area contributed by atoms with Gasteiger partial charge in [-0.3, -0.25) is 4.79 Å². The molecule has 0 saturated carbocycles. The molecule has 1 atom stereocenters. The molecule has 0 aromatic rings. The predicted octanol–water partition coefficient (Wildman–Crippen LogP) is 0.141. The number of carbonyl (C=O) groups is 2. The van der Waals surface area contributed by atoms with Gasteiger partial charge in [0.2, 0.25) is 0 Å². The van der Waals surface area contributed by atoms with Crippen LogP contribution in [-0.2, 0) is 9.59 Å². The van der Waals surface area contributed by atoms with Crippen LogP contribution in [-0.4, -0.2) is 29.2 Å². The molecular formula is C7H6F3NO3. The maximum Gasteiger partial charge on any atom is 0.471 e. The first-order chi connectivity index (χ1) is 6.29. The van der Waals surface area contributed by atoms with Crippen LogP contribution in [0.2, 0.25) is 0 Å². The van der Waals surface area contributed by atoms with E-state index in [4.69, 9.17) is 11.5 Å². The smallest absolute Gasteiger partial charge is 0.471 e. The van der Waals surface area contributed by atoms with Gasteiger partial charge >= 0.3 is 18.1 Å². The summed E-state index contributed by atoms with van der Waals surface area (Å²) in [5.41, 5.74) is 0. The van der Waals surface area contributed by atoms with Crippen LogP contribution in [0.15, 0.2) is 0 Å². The zero-order valence-corrected chi connectivity index (χ0v) is 6.76. The summed E-state index contributed by atoms with van der Waals surface area (Å²) in [5.74, 6) is -2.09. The Kier molecular flexibility index (Phi) is 3.95. The highest BCUT2D eigenvalue weighted by molar-refractivity contribution is 5.87. The Hall–Kier alpha value is -1.71. The molecule has 0 heterocycles. The topological polar surface area (TPSA) is 66.4 Å². The van der Waals surface area contributed by atoms with Crippen LogP contribution in [0.4, 0.5) is 13.2 Å². The van der Waals surface area contributed by atoms with E-state index < -0.39 is 30.5 Å². The number of nitrogens with one attached hydrogen (secondary N) is 1. The van der Waals surface area contributed by atoms with Crippen molar-refractivity contribution in [2.24, 2.45) is 0 Å². The second-order valence-electron chi connectivity index (χ2n) is 2.27. The SMILES string of the molecule is C#CC[C@H](NC(=O)C(F)(F)F)C(=O)O. The van der Waals surface area contributed by atoms with Gasteiger partial charge in [0.05, 0.1) is 0 Å². The van der Waals surface area contributed by atoms with Crippen molar-refractivity contribution in [2.45, 2.75) is 18.6 Å². The fourth-order valence-electron chi connectivity index (χ4n) is 0.558. The molecule has 0 aliphatic rings. The highest BCUT2D eigenvalue weighted by Gasteiger charge is 2.40. The van der Waals surface area contributed by atoms with Gasteiger partial charge in [-0.05, 0) is 0 Å². The number of terminal acetylenes is 1. The lowest BCUT2D eigenvalue weighted by atomic mass is 10.2. The number of carboxylic acid groups (broad SMARTS) is 1. The summed E-state index contributed by atoms with van der Waals surface area (Å²) in [6.07, 6.45) is -0.906. The zero-order chi connectivity index (χ0) is 11.4. The number of hydrogen-bond acceptors (Lipinski definition) is 2. The lowest BCUT2D eigenvalue weighted by Gasteiger charge is -2.12. The summed E-state index contributed by atoms with van der Waals surface area (Å²) in [6.45, 7) is 0. The largest absolute Gasteiger partial charge is 0.480 e. The van der Waals surface area contributed by atoms with Crippen molar-refractivity contribution >= 4 is 11.9 Å². The van der Waals surface area contributed by atoms with E-state index in [1.807, 2.05) is 5.92 Å². The Bertz CT molecular complexity index is 279. The molecule has 2 N–H and O–H groups in total. The van der Waals surface area contributed by atoms with Crippen LogP contribution < -0.4 is 5.32 Å². The number of amides is 1. The minimum Gasteiger partial charge on any atom is -0.480 e. The highest BCUT2D eigenvalue weighted by atomic mass is 19.4. The molecule has 1 amide bonds. The van der Waals surface area contributed by atoms with Crippen molar-refractivity contribution < 1.29 is 27.9 Å². The van der Waals surface area contributed by atoms with E-state index in [-0.39, 0.29) is 0 Å². The minimum absolute atomic E-state index is 0.503. The molecule has 0 fully saturated rings. The normalized spacial score (nSPS) is 12.7. The number of halogens is 3. The number of alkyl halides is 3. The summed E-state index contributed by atoms with van der Waals surface area (Å²) in [6, 6.07) is -1.71. The summed E-state index contributed by atoms with van der Waals surface area (Å²) in [7, 11) is 0. The first-order valence-electron chi connectivity index (χ1n) is 3.33. The van der Waals surface area contributed by atoms with Crippen molar-refractivity contribution in [3.05, 3.63) is 0 Å². The highest BCUT2D eigenvalue weighted by Crippen LogP contribution is 2.14. The summed E-state index contributed by atoms with van der Waals surface area (Å²) >= 11 is 0. The third-order valence-corrected chi connectivity index (χ3v) is 1.18. The van der Waals surface area contributed by atoms with Crippen LogP contribution in [0.25, 0.3) is 0 Å². The molecule has 0 unspecified atom stereocenters. The fraction of sp³-hybridized carbons (Fsp3) is 0.429. The van der Waals surface area contributed by atoms with Crippen molar-refractivity contribution in [2.75, 3.05) is 0 Å². The average molecular weight is 209 g/mol. The minimum atomic E-state index is -5.11. The van der Waals surface area contributed by atoms with Gasteiger partial charge in [0.25, 0.3) is 0 Å². The molecule has 0 spiro atoms. The Balaban J connectivity index is 4.40. The van der Waals surface area contributed by atoms with E-state index >= 15 is 0 Å². The van der Waals surface area contributed by atoms with E-state index in [1.165, 1.54) is 5.32 Å². The van der Waals surface area contributed by atoms with Crippen molar-refractivity contribution in [1.82, 2.24) is 5.32 Å². The molecule has 0 aromatic heterocycles. The van der Waals surface area contributed by atoms with E-state index in [0.29, 0.717) is 0 Å². The van der Waals surface area contributed by atoms with Gasteiger partial charge < -0.3 is 10.4 Å². The third-order valence-electron chi connectivity index (χ3n) is 1.18. The predicted molar refractivity (Wildman–Crippen MR) is 39.1 cm³/mol. The molecule has 0 saturated heterocycles. The van der Waals surface area contributed by atoms with Crippen LogP contribution in [0.1, 0.15) is 6.42 Å². The molecule has 14 heavy (non-hydrogen) atoms. The maximum absolute atomic E-state index is 11.7. The van der Waals surface area contributed by atoms with Gasteiger partial charge in [0.1, 0.15) is 6.04 Å². The summed E-state index contributed by atoms with van der Waals surface area (Å²) in [4.78, 5) is 20.6. The van der Waals surface area contributed by atoms with E-state index in [1.54, 1.807) is 0 Å². The van der Waals surface area contributed by atoms with Gasteiger partial charge in [-0.25, -0.2) is 4.79 Å². The number of hydrogen-bond donors (Lipinski definition) is 2. The van der Waals surface area contributed by atoms with E-state index in [2.05, 4.69) is 0 Å². The quantitative estimate of drug-likeness (QED) is 0.650. The van der Waals surface area contributed by atoms with Gasteiger partial charge in [-0.1, -0.05) is 0 Å². The molecule has 0 radical (unpaired) electrons. The molecule has 4 nitrogen and oxygen atoms in total. The van der Waals surface area contributed by atoms with Crippen LogP contribution in [0, 0.1) is 12.3 Å². The second-order valence-corrected chi connectivity index (χ2v) is 2.27. The number of carboxylic acids is 1. The Morgan fingerprint density at radius 2 is 2.00 bits per heavy atom. The maximum atomic E-state index is 11.7. The first-order valence-corrected chi connectivity index (χ1v) is 3.33. The third kappa shape index (κ3) is 3.80. The zero-order valence-electron chi connectivity index (χ0n) is 6.76. The summed E-state index contributed by atoms with van der Waals surface area (Å²) < 4.78 is 35.0. The lowest BCUT2D eigenvalue weighted by molar-refractivity contribution is -0.175. The first kappa shape index (κ1) is 12.3. The molecule has 78 valence electrons. The van der Waals surface area contributed by atoms with Crippen LogP contribution >= 0.6 is 0 Å². The van der Waals surface area contributed by atoms with Crippen molar-refractivity contribution in [1.29, 1.82) is 0 Å². The van der Waals surface area contributed by atoms with Crippen molar-refractivity contribution in [3.63, 3.8) is 0 Å². The van der Waals surface area contributed by atoms with Gasteiger partial charge in [-0.15, -0.1) is 12.3 Å². The molecule has 0 aliphatic heterocycles. The number of aliphatic carboxylic acids is 1. The molecule has 0 aliphatic carbocycles. The number of carbonyl (C=O) groups excluding carboxylic acids is 1. The van der Waals surface area contributed by atoms with Crippen LogP contribution in [0.3, 0.4) is 0 Å². The monoisotopic (exact) mass is 209 g/mol. The second kappa shape index (κ2) is 4.50. The van der Waals surface area contributed by atoms with E-state index in [9.17, 15) is 22.8 Å². The molecule has 7 heteroatoms. The Morgan fingerprint density at radius 1 is 1.50 bits per heavy atom. The van der Waals surface area contributed by atoms with Crippen molar-refractivity contribution in [3.8, 4) is 12.3 Å². The fourth-order valence-corrected chi connectivity index (χ4v) is 0.558. The van der Waals surface area contributed by atoms with Gasteiger partial charge in [0, 0.05) is 6.42 Å². The Morgan fingerprint density at radius 3 is 2.29 bits per heavy atom. The standard InChI is InChI=1S/C7H6F3NO3/c1-2-3-4(5(12)13)11-6(14)7(8,9)10/h1,4H,3H2,(H,11,14)(H,12,13)/t4-/m0/s1. The summed E-state index contributed by atoms with van der Waals surface area (Å²) in [5, 5.41) is 9.59. The average Bonchev–Trinajstić information content (AvgIpc) is 2.01. The molecular weight excluding hydrogens is 203 g/mol. The van der Waals surface area contributed by atoms with Gasteiger partial charge in [-0.2, -0.15) is 13.2 Å². The van der Waals surface area contributed by atoms with Crippen LogP contribution in [0.5, 0.6) is 0 Å². The van der Waals surface area contributed by atoms with Gasteiger partial charge in [0.15, 0.2) is 0 Å². The molecule has 0 bridgehead atoms.